The number of ether oxygens (including phenoxy) is 1. The molecule has 0 fully saturated rings. The molecule has 0 atom stereocenters. The van der Waals surface area contributed by atoms with Crippen LogP contribution in [0.25, 0.3) is 0 Å². The van der Waals surface area contributed by atoms with E-state index in [9.17, 15) is 18.0 Å². The third-order valence-electron chi connectivity index (χ3n) is 3.05. The van der Waals surface area contributed by atoms with E-state index in [0.717, 1.165) is 0 Å². The average molecular weight is 384 g/mol. The second-order valence-corrected chi connectivity index (χ2v) is 6.88. The van der Waals surface area contributed by atoms with E-state index >= 15 is 0 Å². The Morgan fingerprint density at radius 1 is 1.27 bits per heavy atom. The van der Waals surface area contributed by atoms with E-state index < -0.39 is 23.6 Å². The zero-order chi connectivity index (χ0) is 16.7. The lowest BCUT2D eigenvalue weighted by Crippen LogP contribution is -2.36. The summed E-state index contributed by atoms with van der Waals surface area (Å²) in [7, 11) is 0. The number of aryl methyl sites for hydroxylation is 1. The van der Waals surface area contributed by atoms with Gasteiger partial charge in [-0.05, 0) is 43.1 Å². The lowest BCUT2D eigenvalue weighted by atomic mass is 10.2. The first-order valence-corrected chi connectivity index (χ1v) is 7.58. The van der Waals surface area contributed by atoms with Gasteiger partial charge in [-0.2, -0.15) is 18.3 Å². The Labute approximate surface area is 134 Å². The van der Waals surface area contributed by atoms with Crippen molar-refractivity contribution in [1.82, 2.24) is 14.7 Å². The van der Waals surface area contributed by atoms with Gasteiger partial charge in [-0.1, -0.05) is 0 Å². The van der Waals surface area contributed by atoms with Crippen LogP contribution in [0.15, 0.2) is 4.47 Å². The van der Waals surface area contributed by atoms with Gasteiger partial charge in [-0.25, -0.2) is 4.79 Å². The summed E-state index contributed by atoms with van der Waals surface area (Å²) in [6.07, 6.45) is -4.56. The van der Waals surface area contributed by atoms with Crippen LogP contribution in [0.2, 0.25) is 0 Å². The third kappa shape index (κ3) is 3.74. The van der Waals surface area contributed by atoms with Crippen LogP contribution in [0, 0.1) is 0 Å². The summed E-state index contributed by atoms with van der Waals surface area (Å²) in [6.45, 7) is 5.98. The summed E-state index contributed by atoms with van der Waals surface area (Å²) >= 11 is 2.96. The number of carbonyl (C=O) groups excluding carboxylic acids is 1. The van der Waals surface area contributed by atoms with Crippen molar-refractivity contribution < 1.29 is 22.7 Å². The van der Waals surface area contributed by atoms with E-state index in [0.29, 0.717) is 25.2 Å². The topological polar surface area (TPSA) is 47.4 Å². The summed E-state index contributed by atoms with van der Waals surface area (Å²) in [4.78, 5) is 13.5. The molecule has 0 saturated carbocycles. The van der Waals surface area contributed by atoms with Gasteiger partial charge in [0.2, 0.25) is 0 Å². The lowest BCUT2D eigenvalue weighted by molar-refractivity contribution is -0.142. The van der Waals surface area contributed by atoms with Crippen molar-refractivity contribution >= 4 is 22.0 Å². The highest BCUT2D eigenvalue weighted by Gasteiger charge is 2.39. The number of hydrogen-bond donors (Lipinski definition) is 0. The highest BCUT2D eigenvalue weighted by atomic mass is 79.9. The van der Waals surface area contributed by atoms with Crippen LogP contribution < -0.4 is 0 Å². The van der Waals surface area contributed by atoms with E-state index in [4.69, 9.17) is 4.74 Å². The number of hydrogen-bond acceptors (Lipinski definition) is 3. The van der Waals surface area contributed by atoms with Crippen LogP contribution >= 0.6 is 15.9 Å². The minimum absolute atomic E-state index is 0.0264. The second-order valence-electron chi connectivity index (χ2n) is 6.09. The largest absolute Gasteiger partial charge is 0.444 e. The van der Waals surface area contributed by atoms with Crippen LogP contribution in [0.3, 0.4) is 0 Å². The number of halogens is 4. The summed E-state index contributed by atoms with van der Waals surface area (Å²) in [6, 6.07) is 0. The number of aromatic nitrogens is 2. The molecule has 2 heterocycles. The Balaban J connectivity index is 2.27. The van der Waals surface area contributed by atoms with Gasteiger partial charge in [0.05, 0.1) is 16.7 Å². The highest BCUT2D eigenvalue weighted by molar-refractivity contribution is 9.10. The maximum atomic E-state index is 12.9. The number of nitrogens with zero attached hydrogens (tertiary/aromatic N) is 3. The molecule has 0 unspecified atom stereocenters. The molecule has 0 aliphatic carbocycles. The molecule has 0 bridgehead atoms. The number of amides is 1. The van der Waals surface area contributed by atoms with Crippen molar-refractivity contribution in [3.05, 3.63) is 15.9 Å². The minimum atomic E-state index is -4.53. The maximum absolute atomic E-state index is 12.9. The SMILES string of the molecule is CC(C)(C)OC(=O)N1CCCn2nc(C(F)(F)F)c(Br)c2C1. The molecule has 1 aliphatic heterocycles. The molecule has 0 saturated heterocycles. The monoisotopic (exact) mass is 383 g/mol. The molecule has 2 rings (SSSR count). The predicted octanol–water partition coefficient (Wildman–Crippen LogP) is 3.81. The molecule has 5 nitrogen and oxygen atoms in total. The van der Waals surface area contributed by atoms with Gasteiger partial charge in [0.1, 0.15) is 5.60 Å². The molecule has 22 heavy (non-hydrogen) atoms. The second kappa shape index (κ2) is 5.75. The van der Waals surface area contributed by atoms with Gasteiger partial charge in [-0.3, -0.25) is 4.68 Å². The standard InChI is InChI=1S/C13H17BrF3N3O2/c1-12(2,3)22-11(21)19-5-4-6-20-8(7-19)9(14)10(18-20)13(15,16)17/h4-7H2,1-3H3. The quantitative estimate of drug-likeness (QED) is 0.684. The first-order valence-electron chi connectivity index (χ1n) is 6.79. The molecule has 1 aliphatic rings. The van der Waals surface area contributed by atoms with Crippen molar-refractivity contribution in [2.75, 3.05) is 6.54 Å². The highest BCUT2D eigenvalue weighted by Crippen LogP contribution is 2.37. The van der Waals surface area contributed by atoms with Crippen molar-refractivity contribution in [2.45, 2.75) is 52.1 Å². The van der Waals surface area contributed by atoms with E-state index in [-0.39, 0.29) is 11.0 Å². The Morgan fingerprint density at radius 2 is 1.91 bits per heavy atom. The molecule has 9 heteroatoms. The molecular formula is C13H17BrF3N3O2. The van der Waals surface area contributed by atoms with Gasteiger partial charge >= 0.3 is 12.3 Å². The summed E-state index contributed by atoms with van der Waals surface area (Å²) in [5.41, 5.74) is -1.29. The Bertz CT molecular complexity index is 578. The van der Waals surface area contributed by atoms with Crippen LogP contribution in [-0.4, -0.2) is 32.9 Å². The van der Waals surface area contributed by atoms with E-state index in [2.05, 4.69) is 21.0 Å². The molecule has 124 valence electrons. The van der Waals surface area contributed by atoms with Crippen LogP contribution in [0.4, 0.5) is 18.0 Å². The van der Waals surface area contributed by atoms with Crippen molar-refractivity contribution in [3.8, 4) is 0 Å². The Kier molecular flexibility index (Phi) is 4.47. The van der Waals surface area contributed by atoms with Gasteiger partial charge in [0, 0.05) is 13.1 Å². The smallest absolute Gasteiger partial charge is 0.436 e. The fraction of sp³-hybridized carbons (Fsp3) is 0.692. The molecule has 1 aromatic heterocycles. The molecule has 0 radical (unpaired) electrons. The minimum Gasteiger partial charge on any atom is -0.444 e. The number of fused-ring (bicyclic) bond motifs is 1. The number of carbonyl (C=O) groups is 1. The molecule has 0 spiro atoms. The third-order valence-corrected chi connectivity index (χ3v) is 3.89. The zero-order valence-electron chi connectivity index (χ0n) is 12.5. The predicted molar refractivity (Wildman–Crippen MR) is 76.2 cm³/mol. The van der Waals surface area contributed by atoms with Crippen LogP contribution in [-0.2, 0) is 24.0 Å². The normalized spacial score (nSPS) is 16.2. The molecule has 1 amide bonds. The summed E-state index contributed by atoms with van der Waals surface area (Å²) in [5.74, 6) is 0. The molecular weight excluding hydrogens is 367 g/mol. The molecule has 0 aromatic carbocycles. The van der Waals surface area contributed by atoms with Gasteiger partial charge < -0.3 is 9.64 Å². The fourth-order valence-electron chi connectivity index (χ4n) is 2.15. The van der Waals surface area contributed by atoms with E-state index in [1.807, 2.05) is 0 Å². The number of alkyl halides is 3. The molecule has 0 N–H and O–H groups in total. The van der Waals surface area contributed by atoms with Gasteiger partial charge in [-0.15, -0.1) is 0 Å². The number of rotatable bonds is 0. The van der Waals surface area contributed by atoms with E-state index in [1.54, 1.807) is 20.8 Å². The maximum Gasteiger partial charge on any atom is 0.436 e. The first kappa shape index (κ1) is 17.1. The summed E-state index contributed by atoms with van der Waals surface area (Å²) < 4.78 is 45.2. The van der Waals surface area contributed by atoms with Gasteiger partial charge in [0.25, 0.3) is 0 Å². The van der Waals surface area contributed by atoms with Crippen molar-refractivity contribution in [3.63, 3.8) is 0 Å². The van der Waals surface area contributed by atoms with Crippen LogP contribution in [0.1, 0.15) is 38.6 Å². The van der Waals surface area contributed by atoms with Crippen molar-refractivity contribution in [1.29, 1.82) is 0 Å². The summed E-state index contributed by atoms with van der Waals surface area (Å²) in [5, 5.41) is 3.62. The Hall–Kier alpha value is -1.25. The Morgan fingerprint density at radius 3 is 2.45 bits per heavy atom. The van der Waals surface area contributed by atoms with Crippen LogP contribution in [0.5, 0.6) is 0 Å². The zero-order valence-corrected chi connectivity index (χ0v) is 14.1. The fourth-order valence-corrected chi connectivity index (χ4v) is 2.78. The van der Waals surface area contributed by atoms with E-state index in [1.165, 1.54) is 9.58 Å². The lowest BCUT2D eigenvalue weighted by Gasteiger charge is -2.26. The average Bonchev–Trinajstić information content (AvgIpc) is 2.55. The van der Waals surface area contributed by atoms with Gasteiger partial charge in [0.15, 0.2) is 5.69 Å². The first-order chi connectivity index (χ1) is 9.99. The van der Waals surface area contributed by atoms with Crippen molar-refractivity contribution in [2.24, 2.45) is 0 Å². The molecule has 1 aromatic rings.